The van der Waals surface area contributed by atoms with Gasteiger partial charge in [0.2, 0.25) is 11.8 Å². The number of para-hydroxylation sites is 1. The maximum atomic E-state index is 12.5. The summed E-state index contributed by atoms with van der Waals surface area (Å²) in [7, 11) is 1.78. The van der Waals surface area contributed by atoms with E-state index in [1.54, 1.807) is 18.9 Å². The van der Waals surface area contributed by atoms with E-state index in [1.807, 2.05) is 61.5 Å². The highest BCUT2D eigenvalue weighted by Crippen LogP contribution is 2.15. The summed E-state index contributed by atoms with van der Waals surface area (Å²) < 4.78 is 0. The lowest BCUT2D eigenvalue weighted by molar-refractivity contribution is -0.127. The summed E-state index contributed by atoms with van der Waals surface area (Å²) in [4.78, 5) is 26.6. The maximum absolute atomic E-state index is 12.5. The molecule has 0 aliphatic carbocycles. The summed E-state index contributed by atoms with van der Waals surface area (Å²) in [5.41, 5.74) is 2.97. The van der Waals surface area contributed by atoms with Gasteiger partial charge in [-0.25, -0.2) is 0 Å². The van der Waals surface area contributed by atoms with Crippen molar-refractivity contribution in [3.63, 3.8) is 0 Å². The topological polar surface area (TPSA) is 61.4 Å². The van der Waals surface area contributed by atoms with Gasteiger partial charge in [-0.05, 0) is 44.5 Å². The molecule has 0 aliphatic rings. The summed E-state index contributed by atoms with van der Waals surface area (Å²) in [5, 5.41) is 5.95. The van der Waals surface area contributed by atoms with Gasteiger partial charge in [0.15, 0.2) is 0 Å². The molecule has 0 radical (unpaired) electrons. The lowest BCUT2D eigenvalue weighted by Gasteiger charge is -2.25. The van der Waals surface area contributed by atoms with Gasteiger partial charge >= 0.3 is 0 Å². The molecule has 5 heteroatoms. The molecule has 2 amide bonds. The van der Waals surface area contributed by atoms with Gasteiger partial charge in [0.05, 0.1) is 18.6 Å². The number of nitrogens with zero attached hydrogens (tertiary/aromatic N) is 1. The van der Waals surface area contributed by atoms with Crippen LogP contribution in [-0.2, 0) is 16.0 Å². The van der Waals surface area contributed by atoms with Crippen molar-refractivity contribution in [1.82, 2.24) is 10.2 Å². The molecule has 0 aromatic heterocycles. The number of nitrogens with one attached hydrogen (secondary N) is 2. The summed E-state index contributed by atoms with van der Waals surface area (Å²) in [6, 6.07) is 17.1. The molecule has 0 saturated heterocycles. The molecule has 2 rings (SSSR count). The monoisotopic (exact) mass is 367 g/mol. The Labute approximate surface area is 161 Å². The van der Waals surface area contributed by atoms with Gasteiger partial charge in [-0.15, -0.1) is 0 Å². The SMILES string of the molecule is CCc1ccccc1NC(=O)CN(C)C(C)C(=O)NC(C)c1ccccc1. The number of carbonyl (C=O) groups excluding carboxylic acids is 2. The van der Waals surface area contributed by atoms with Crippen LogP contribution in [0.25, 0.3) is 0 Å². The fourth-order valence-electron chi connectivity index (χ4n) is 2.86. The van der Waals surface area contributed by atoms with Crippen molar-refractivity contribution in [2.24, 2.45) is 0 Å². The Morgan fingerprint density at radius 3 is 2.30 bits per heavy atom. The normalized spacial score (nSPS) is 13.1. The molecule has 0 aliphatic heterocycles. The van der Waals surface area contributed by atoms with E-state index in [4.69, 9.17) is 0 Å². The highest BCUT2D eigenvalue weighted by molar-refractivity contribution is 5.93. The van der Waals surface area contributed by atoms with Crippen LogP contribution < -0.4 is 10.6 Å². The first-order valence-corrected chi connectivity index (χ1v) is 9.35. The van der Waals surface area contributed by atoms with Crippen LogP contribution in [0.15, 0.2) is 54.6 Å². The molecule has 0 spiro atoms. The lowest BCUT2D eigenvalue weighted by atomic mass is 10.1. The van der Waals surface area contributed by atoms with E-state index in [1.165, 1.54) is 0 Å². The number of carbonyl (C=O) groups is 2. The van der Waals surface area contributed by atoms with Crippen LogP contribution in [0.2, 0.25) is 0 Å². The van der Waals surface area contributed by atoms with Crippen molar-refractivity contribution in [2.75, 3.05) is 18.9 Å². The first-order chi connectivity index (χ1) is 12.9. The molecule has 2 atom stereocenters. The van der Waals surface area contributed by atoms with Crippen LogP contribution in [0.3, 0.4) is 0 Å². The number of anilines is 1. The Hall–Kier alpha value is -2.66. The molecule has 144 valence electrons. The molecular weight excluding hydrogens is 338 g/mol. The Balaban J connectivity index is 1.89. The van der Waals surface area contributed by atoms with Gasteiger partial charge in [0, 0.05) is 5.69 Å². The first-order valence-electron chi connectivity index (χ1n) is 9.35. The Morgan fingerprint density at radius 2 is 1.63 bits per heavy atom. The van der Waals surface area contributed by atoms with Gasteiger partial charge in [0.25, 0.3) is 0 Å². The highest BCUT2D eigenvalue weighted by Gasteiger charge is 2.22. The minimum absolute atomic E-state index is 0.0835. The van der Waals surface area contributed by atoms with Crippen molar-refractivity contribution in [3.05, 3.63) is 65.7 Å². The second-order valence-electron chi connectivity index (χ2n) is 6.79. The van der Waals surface area contributed by atoms with Crippen LogP contribution in [0.5, 0.6) is 0 Å². The van der Waals surface area contributed by atoms with E-state index >= 15 is 0 Å². The van der Waals surface area contributed by atoms with Gasteiger partial charge in [-0.2, -0.15) is 0 Å². The van der Waals surface area contributed by atoms with Crippen molar-refractivity contribution in [2.45, 2.75) is 39.3 Å². The molecule has 0 fully saturated rings. The van der Waals surface area contributed by atoms with Gasteiger partial charge in [0.1, 0.15) is 0 Å². The Morgan fingerprint density at radius 1 is 1.00 bits per heavy atom. The number of likely N-dealkylation sites (N-methyl/N-ethyl adjacent to an activating group) is 1. The van der Waals surface area contributed by atoms with Gasteiger partial charge in [-0.3, -0.25) is 14.5 Å². The first kappa shape index (κ1) is 20.6. The van der Waals surface area contributed by atoms with Crippen LogP contribution in [0.4, 0.5) is 5.69 Å². The summed E-state index contributed by atoms with van der Waals surface area (Å²) in [6.45, 7) is 5.96. The molecular formula is C22H29N3O2. The zero-order valence-electron chi connectivity index (χ0n) is 16.5. The van der Waals surface area contributed by atoms with Crippen molar-refractivity contribution in [3.8, 4) is 0 Å². The minimum atomic E-state index is -0.414. The van der Waals surface area contributed by atoms with Gasteiger partial charge in [-0.1, -0.05) is 55.5 Å². The fraction of sp³-hybridized carbons (Fsp3) is 0.364. The molecule has 0 saturated carbocycles. The molecule has 2 N–H and O–H groups in total. The third-order valence-electron chi connectivity index (χ3n) is 4.76. The zero-order valence-corrected chi connectivity index (χ0v) is 16.5. The predicted octanol–water partition coefficient (Wildman–Crippen LogP) is 3.39. The summed E-state index contributed by atoms with van der Waals surface area (Å²) >= 11 is 0. The second-order valence-corrected chi connectivity index (χ2v) is 6.79. The zero-order chi connectivity index (χ0) is 19.8. The van der Waals surface area contributed by atoms with Crippen LogP contribution >= 0.6 is 0 Å². The minimum Gasteiger partial charge on any atom is -0.348 e. The average Bonchev–Trinajstić information content (AvgIpc) is 2.68. The molecule has 5 nitrogen and oxygen atoms in total. The van der Waals surface area contributed by atoms with Crippen LogP contribution in [0.1, 0.15) is 37.9 Å². The molecule has 27 heavy (non-hydrogen) atoms. The summed E-state index contributed by atoms with van der Waals surface area (Å²) in [5.74, 6) is -0.232. The number of aryl methyl sites for hydroxylation is 1. The van der Waals surface area contributed by atoms with E-state index < -0.39 is 6.04 Å². The molecule has 0 heterocycles. The number of hydrogen-bond donors (Lipinski definition) is 2. The third kappa shape index (κ3) is 5.93. The standard InChI is InChI=1S/C22H29N3O2/c1-5-18-11-9-10-14-20(18)24-21(26)15-25(4)17(3)22(27)23-16(2)19-12-7-6-8-13-19/h6-14,16-17H,5,15H2,1-4H3,(H,23,27)(H,24,26). The van der Waals surface area contributed by atoms with E-state index in [0.717, 1.165) is 23.2 Å². The molecule has 2 aromatic rings. The highest BCUT2D eigenvalue weighted by atomic mass is 16.2. The fourth-order valence-corrected chi connectivity index (χ4v) is 2.86. The average molecular weight is 367 g/mol. The number of amides is 2. The summed E-state index contributed by atoms with van der Waals surface area (Å²) in [6.07, 6.45) is 0.850. The number of benzene rings is 2. The third-order valence-corrected chi connectivity index (χ3v) is 4.76. The molecule has 0 bridgehead atoms. The number of rotatable bonds is 8. The van der Waals surface area contributed by atoms with Crippen molar-refractivity contribution >= 4 is 17.5 Å². The Bertz CT molecular complexity index is 761. The van der Waals surface area contributed by atoms with E-state index in [-0.39, 0.29) is 24.4 Å². The van der Waals surface area contributed by atoms with Gasteiger partial charge < -0.3 is 10.6 Å². The van der Waals surface area contributed by atoms with Crippen LogP contribution in [0, 0.1) is 0 Å². The molecule has 2 aromatic carbocycles. The van der Waals surface area contributed by atoms with E-state index in [9.17, 15) is 9.59 Å². The smallest absolute Gasteiger partial charge is 0.238 e. The Kier molecular flexibility index (Phi) is 7.55. The predicted molar refractivity (Wildman–Crippen MR) is 110 cm³/mol. The maximum Gasteiger partial charge on any atom is 0.238 e. The largest absolute Gasteiger partial charge is 0.348 e. The molecule has 2 unspecified atom stereocenters. The lowest BCUT2D eigenvalue weighted by Crippen LogP contribution is -2.46. The van der Waals surface area contributed by atoms with E-state index in [2.05, 4.69) is 17.6 Å². The second kappa shape index (κ2) is 9.88. The van der Waals surface area contributed by atoms with Crippen molar-refractivity contribution < 1.29 is 9.59 Å². The van der Waals surface area contributed by atoms with Crippen molar-refractivity contribution in [1.29, 1.82) is 0 Å². The van der Waals surface area contributed by atoms with Crippen LogP contribution in [-0.4, -0.2) is 36.3 Å². The quantitative estimate of drug-likeness (QED) is 0.752. The number of hydrogen-bond acceptors (Lipinski definition) is 3. The van der Waals surface area contributed by atoms with E-state index in [0.29, 0.717) is 0 Å².